The molecule has 1 rings (SSSR count). The van der Waals surface area contributed by atoms with E-state index in [1.165, 1.54) is 37.1 Å². The highest BCUT2D eigenvalue weighted by Crippen LogP contribution is 2.27. The summed E-state index contributed by atoms with van der Waals surface area (Å²) >= 11 is 0. The van der Waals surface area contributed by atoms with Gasteiger partial charge in [0, 0.05) is 46.2 Å². The molecular weight excluding hydrogens is 294 g/mol. The van der Waals surface area contributed by atoms with E-state index in [1.807, 2.05) is 0 Å². The van der Waals surface area contributed by atoms with Gasteiger partial charge in [0.05, 0.1) is 0 Å². The third-order valence-corrected chi connectivity index (χ3v) is 6.20. The lowest BCUT2D eigenvalue weighted by molar-refractivity contribution is -0.132. The van der Waals surface area contributed by atoms with Crippen LogP contribution in [-0.2, 0) is 19.6 Å². The summed E-state index contributed by atoms with van der Waals surface area (Å²) < 4.78 is 26.7. The molecule has 0 aromatic rings. The smallest absolute Gasteiger partial charge is 0.241 e. The van der Waals surface area contributed by atoms with E-state index >= 15 is 0 Å². The van der Waals surface area contributed by atoms with Crippen molar-refractivity contribution < 1.29 is 18.0 Å². The summed E-state index contributed by atoms with van der Waals surface area (Å²) in [4.78, 5) is 26.4. The van der Waals surface area contributed by atoms with E-state index in [4.69, 9.17) is 0 Å². The van der Waals surface area contributed by atoms with Gasteiger partial charge in [-0.3, -0.25) is 9.59 Å². The topological polar surface area (TPSA) is 78.0 Å². The molecule has 0 aliphatic carbocycles. The fourth-order valence-corrected chi connectivity index (χ4v) is 4.49. The molecule has 122 valence electrons. The first-order chi connectivity index (χ1) is 9.41. The van der Waals surface area contributed by atoms with E-state index in [9.17, 15) is 18.0 Å². The first-order valence-electron chi connectivity index (χ1n) is 6.89. The van der Waals surface area contributed by atoms with Gasteiger partial charge in [-0.05, 0) is 20.8 Å². The molecule has 1 heterocycles. The average molecular weight is 319 g/mol. The predicted molar refractivity (Wildman–Crippen MR) is 80.1 cm³/mol. The second-order valence-electron chi connectivity index (χ2n) is 6.24. The molecule has 21 heavy (non-hydrogen) atoms. The Kier molecular flexibility index (Phi) is 5.05. The van der Waals surface area contributed by atoms with Crippen LogP contribution < -0.4 is 0 Å². The molecule has 0 bridgehead atoms. The van der Waals surface area contributed by atoms with Crippen LogP contribution in [0.4, 0.5) is 0 Å². The maximum absolute atomic E-state index is 12.7. The summed E-state index contributed by atoms with van der Waals surface area (Å²) in [5, 5.41) is -1.13. The number of sulfonamides is 1. The Morgan fingerprint density at radius 3 is 2.10 bits per heavy atom. The Labute approximate surface area is 126 Å². The Morgan fingerprint density at radius 1 is 1.19 bits per heavy atom. The lowest BCUT2D eigenvalue weighted by Crippen LogP contribution is -2.63. The number of rotatable bonds is 3. The zero-order chi connectivity index (χ0) is 16.6. The molecule has 1 unspecified atom stereocenters. The van der Waals surface area contributed by atoms with Crippen molar-refractivity contribution in [3.05, 3.63) is 0 Å². The molecule has 0 aromatic carbocycles. The van der Waals surface area contributed by atoms with E-state index in [0.717, 1.165) is 0 Å². The Bertz CT molecular complexity index is 528. The largest absolute Gasteiger partial charge is 0.348 e. The van der Waals surface area contributed by atoms with E-state index in [-0.39, 0.29) is 12.5 Å². The molecule has 0 N–H and O–H groups in total. The molecule has 0 saturated carbocycles. The Morgan fingerprint density at radius 2 is 1.71 bits per heavy atom. The molecule has 1 fully saturated rings. The molecule has 1 atom stereocenters. The summed E-state index contributed by atoms with van der Waals surface area (Å²) in [6, 6.07) is 0. The quantitative estimate of drug-likeness (QED) is 0.718. The molecule has 0 aromatic heterocycles. The average Bonchev–Trinajstić information content (AvgIpc) is 2.34. The first kappa shape index (κ1) is 17.9. The molecular formula is C13H25N3O4S. The van der Waals surface area contributed by atoms with Crippen LogP contribution in [0.3, 0.4) is 0 Å². The normalized spacial score (nSPS) is 21.0. The van der Waals surface area contributed by atoms with Gasteiger partial charge >= 0.3 is 0 Å². The van der Waals surface area contributed by atoms with Crippen LogP contribution in [0.25, 0.3) is 0 Å². The molecule has 1 aliphatic rings. The van der Waals surface area contributed by atoms with Crippen LogP contribution in [-0.4, -0.2) is 78.9 Å². The third-order valence-electron chi connectivity index (χ3n) is 3.81. The highest BCUT2D eigenvalue weighted by molar-refractivity contribution is 7.90. The zero-order valence-corrected chi connectivity index (χ0v) is 14.4. The highest BCUT2D eigenvalue weighted by atomic mass is 32.2. The molecule has 0 spiro atoms. The molecule has 1 saturated heterocycles. The van der Waals surface area contributed by atoms with Gasteiger partial charge in [0.25, 0.3) is 0 Å². The van der Waals surface area contributed by atoms with Crippen molar-refractivity contribution in [2.75, 3.05) is 33.7 Å². The van der Waals surface area contributed by atoms with Crippen LogP contribution in [0, 0.1) is 0 Å². The summed E-state index contributed by atoms with van der Waals surface area (Å²) in [5.74, 6) is -0.516. The van der Waals surface area contributed by atoms with Crippen molar-refractivity contribution in [3.63, 3.8) is 0 Å². The van der Waals surface area contributed by atoms with E-state index in [1.54, 1.807) is 18.7 Å². The Balaban J connectivity index is 3.04. The summed E-state index contributed by atoms with van der Waals surface area (Å²) in [5.41, 5.74) is -0.733. The van der Waals surface area contributed by atoms with Gasteiger partial charge in [0.15, 0.2) is 5.25 Å². The lowest BCUT2D eigenvalue weighted by Gasteiger charge is -2.46. The SMILES string of the molecule is CC(=O)N1CCN(S(=O)(=O)C(C)C(=O)N(C)C)C(C)(C)C1. The van der Waals surface area contributed by atoms with E-state index in [0.29, 0.717) is 13.1 Å². The molecule has 8 heteroatoms. The van der Waals surface area contributed by atoms with Gasteiger partial charge in [0.2, 0.25) is 21.8 Å². The number of amides is 2. The van der Waals surface area contributed by atoms with E-state index in [2.05, 4.69) is 0 Å². The minimum atomic E-state index is -3.76. The second-order valence-corrected chi connectivity index (χ2v) is 8.42. The first-order valence-corrected chi connectivity index (χ1v) is 8.40. The standard InChI is InChI=1S/C13H25N3O4S/c1-10(12(18)14(5)6)21(19,20)16-8-7-15(11(2)17)9-13(16,3)4/h10H,7-9H2,1-6H3. The van der Waals surface area contributed by atoms with Crippen LogP contribution >= 0.6 is 0 Å². The zero-order valence-electron chi connectivity index (χ0n) is 13.6. The predicted octanol–water partition coefficient (Wildman–Crippen LogP) is -0.264. The van der Waals surface area contributed by atoms with Crippen molar-refractivity contribution in [3.8, 4) is 0 Å². The number of carbonyl (C=O) groups excluding carboxylic acids is 2. The molecule has 1 aliphatic heterocycles. The second kappa shape index (κ2) is 5.92. The number of hydrogen-bond acceptors (Lipinski definition) is 4. The van der Waals surface area contributed by atoms with Gasteiger partial charge in [-0.15, -0.1) is 0 Å². The number of hydrogen-bond donors (Lipinski definition) is 0. The van der Waals surface area contributed by atoms with Gasteiger partial charge in [-0.25, -0.2) is 8.42 Å². The van der Waals surface area contributed by atoms with Crippen LogP contribution in [0.2, 0.25) is 0 Å². The maximum atomic E-state index is 12.7. The summed E-state index contributed by atoms with van der Waals surface area (Å²) in [6.07, 6.45) is 0. The van der Waals surface area contributed by atoms with Gasteiger partial charge in [-0.2, -0.15) is 4.31 Å². The molecule has 2 amide bonds. The van der Waals surface area contributed by atoms with Crippen LogP contribution in [0.5, 0.6) is 0 Å². The van der Waals surface area contributed by atoms with Gasteiger partial charge in [0.1, 0.15) is 0 Å². The van der Waals surface area contributed by atoms with Crippen molar-refractivity contribution in [2.24, 2.45) is 0 Å². The Hall–Kier alpha value is -1.15. The number of piperazine rings is 1. The number of nitrogens with zero attached hydrogens (tertiary/aromatic N) is 3. The summed E-state index contributed by atoms with van der Waals surface area (Å²) in [7, 11) is -0.689. The van der Waals surface area contributed by atoms with Crippen molar-refractivity contribution >= 4 is 21.8 Å². The van der Waals surface area contributed by atoms with Crippen molar-refractivity contribution in [2.45, 2.75) is 38.5 Å². The van der Waals surface area contributed by atoms with Crippen molar-refractivity contribution in [1.82, 2.24) is 14.1 Å². The lowest BCUT2D eigenvalue weighted by atomic mass is 10.0. The van der Waals surface area contributed by atoms with E-state index < -0.39 is 26.7 Å². The molecule has 7 nitrogen and oxygen atoms in total. The van der Waals surface area contributed by atoms with Crippen LogP contribution in [0.15, 0.2) is 0 Å². The molecule has 0 radical (unpaired) electrons. The summed E-state index contributed by atoms with van der Waals surface area (Å²) in [6.45, 7) is 7.30. The maximum Gasteiger partial charge on any atom is 0.241 e. The highest BCUT2D eigenvalue weighted by Gasteiger charge is 2.45. The minimum Gasteiger partial charge on any atom is -0.348 e. The minimum absolute atomic E-state index is 0.0717. The monoisotopic (exact) mass is 319 g/mol. The van der Waals surface area contributed by atoms with Crippen molar-refractivity contribution in [1.29, 1.82) is 0 Å². The third kappa shape index (κ3) is 3.55. The fraction of sp³-hybridized carbons (Fsp3) is 0.846. The fourth-order valence-electron chi connectivity index (χ4n) is 2.56. The van der Waals surface area contributed by atoms with Gasteiger partial charge in [-0.1, -0.05) is 0 Å². The number of carbonyl (C=O) groups is 2. The van der Waals surface area contributed by atoms with Gasteiger partial charge < -0.3 is 9.80 Å². The van der Waals surface area contributed by atoms with Crippen LogP contribution in [0.1, 0.15) is 27.7 Å².